The lowest BCUT2D eigenvalue weighted by molar-refractivity contribution is -0.124. The van der Waals surface area contributed by atoms with Crippen LogP contribution in [0, 0.1) is 0 Å². The zero-order chi connectivity index (χ0) is 12.4. The minimum atomic E-state index is -0.327. The fourth-order valence-electron chi connectivity index (χ4n) is 1.49. The molecule has 3 N–H and O–H groups in total. The highest BCUT2D eigenvalue weighted by molar-refractivity contribution is 5.78. The minimum absolute atomic E-state index is 0.0253. The maximum atomic E-state index is 11.7. The molecule has 0 heterocycles. The predicted octanol–water partition coefficient (Wildman–Crippen LogP) is 1.19. The quantitative estimate of drug-likeness (QED) is 0.717. The summed E-state index contributed by atoms with van der Waals surface area (Å²) >= 11 is 0. The molecule has 16 heavy (non-hydrogen) atoms. The van der Waals surface area contributed by atoms with Crippen molar-refractivity contribution in [1.29, 1.82) is 0 Å². The van der Waals surface area contributed by atoms with Crippen molar-refractivity contribution in [1.82, 2.24) is 5.32 Å². The Morgan fingerprint density at radius 3 is 2.50 bits per heavy atom. The summed E-state index contributed by atoms with van der Waals surface area (Å²) in [7, 11) is 0. The monoisotopic (exact) mass is 228 g/mol. The average Bonchev–Trinajstić information content (AvgIpc) is 2.78. The number of hydrogen-bond donors (Lipinski definition) is 2. The molecular weight excluding hydrogens is 204 g/mol. The van der Waals surface area contributed by atoms with Gasteiger partial charge in [0.2, 0.25) is 5.91 Å². The van der Waals surface area contributed by atoms with Gasteiger partial charge >= 0.3 is 0 Å². The van der Waals surface area contributed by atoms with E-state index in [2.05, 4.69) is 5.32 Å². The SMILES string of the molecule is CC(C)OCC(C)(C)NC(=O)CC1(N)CC1. The molecule has 0 spiro atoms. The molecule has 94 valence electrons. The Morgan fingerprint density at radius 1 is 1.50 bits per heavy atom. The summed E-state index contributed by atoms with van der Waals surface area (Å²) < 4.78 is 5.51. The van der Waals surface area contributed by atoms with Crippen LogP contribution < -0.4 is 11.1 Å². The van der Waals surface area contributed by atoms with Crippen molar-refractivity contribution in [2.24, 2.45) is 5.73 Å². The summed E-state index contributed by atoms with van der Waals surface area (Å²) in [4.78, 5) is 11.7. The van der Waals surface area contributed by atoms with Crippen molar-refractivity contribution >= 4 is 5.91 Å². The molecule has 1 fully saturated rings. The smallest absolute Gasteiger partial charge is 0.222 e. The molecule has 0 bridgehead atoms. The molecule has 0 radical (unpaired) electrons. The molecule has 4 heteroatoms. The van der Waals surface area contributed by atoms with Crippen molar-refractivity contribution in [2.75, 3.05) is 6.61 Å². The van der Waals surface area contributed by atoms with Crippen molar-refractivity contribution < 1.29 is 9.53 Å². The van der Waals surface area contributed by atoms with Crippen LogP contribution in [0.3, 0.4) is 0 Å². The molecular formula is C12H24N2O2. The lowest BCUT2D eigenvalue weighted by atomic mass is 10.1. The third-order valence-corrected chi connectivity index (χ3v) is 2.66. The highest BCUT2D eigenvalue weighted by Gasteiger charge is 2.40. The van der Waals surface area contributed by atoms with Gasteiger partial charge in [-0.1, -0.05) is 0 Å². The van der Waals surface area contributed by atoms with Crippen LogP contribution in [0.15, 0.2) is 0 Å². The molecule has 0 aliphatic heterocycles. The summed E-state index contributed by atoms with van der Waals surface area (Å²) in [5, 5.41) is 2.96. The molecule has 0 atom stereocenters. The van der Waals surface area contributed by atoms with Gasteiger partial charge in [-0.05, 0) is 40.5 Å². The lowest BCUT2D eigenvalue weighted by Gasteiger charge is -2.27. The molecule has 0 aromatic carbocycles. The average molecular weight is 228 g/mol. The van der Waals surface area contributed by atoms with Gasteiger partial charge in [0.05, 0.1) is 18.2 Å². The van der Waals surface area contributed by atoms with Gasteiger partial charge in [-0.2, -0.15) is 0 Å². The first-order valence-corrected chi connectivity index (χ1v) is 5.94. The molecule has 1 saturated carbocycles. The lowest BCUT2D eigenvalue weighted by Crippen LogP contribution is -2.49. The number of ether oxygens (including phenoxy) is 1. The van der Waals surface area contributed by atoms with Crippen molar-refractivity contribution in [2.45, 2.75) is 64.1 Å². The molecule has 0 aromatic rings. The van der Waals surface area contributed by atoms with Gasteiger partial charge in [-0.15, -0.1) is 0 Å². The van der Waals surface area contributed by atoms with Crippen LogP contribution in [0.25, 0.3) is 0 Å². The van der Waals surface area contributed by atoms with E-state index in [1.807, 2.05) is 27.7 Å². The normalized spacial score (nSPS) is 18.6. The first kappa shape index (κ1) is 13.5. The van der Waals surface area contributed by atoms with Gasteiger partial charge < -0.3 is 15.8 Å². The Bertz CT molecular complexity index is 258. The second-order valence-corrected chi connectivity index (χ2v) is 5.83. The Kier molecular flexibility index (Phi) is 3.97. The molecule has 1 aliphatic carbocycles. The van der Waals surface area contributed by atoms with E-state index in [0.29, 0.717) is 13.0 Å². The topological polar surface area (TPSA) is 64.3 Å². The standard InChI is InChI=1S/C12H24N2O2/c1-9(2)16-8-11(3,4)14-10(15)7-12(13)5-6-12/h9H,5-8,13H2,1-4H3,(H,14,15). The second kappa shape index (κ2) is 4.72. The summed E-state index contributed by atoms with van der Waals surface area (Å²) in [6.45, 7) is 8.41. The third kappa shape index (κ3) is 4.94. The van der Waals surface area contributed by atoms with E-state index in [1.54, 1.807) is 0 Å². The number of nitrogens with two attached hydrogens (primary N) is 1. The highest BCUT2D eigenvalue weighted by Crippen LogP contribution is 2.35. The van der Waals surface area contributed by atoms with Crippen LogP contribution in [0.1, 0.15) is 47.0 Å². The zero-order valence-corrected chi connectivity index (χ0v) is 10.8. The molecule has 4 nitrogen and oxygen atoms in total. The molecule has 0 saturated heterocycles. The number of rotatable bonds is 6. The molecule has 0 unspecified atom stereocenters. The minimum Gasteiger partial charge on any atom is -0.376 e. The highest BCUT2D eigenvalue weighted by atomic mass is 16.5. The number of hydrogen-bond acceptors (Lipinski definition) is 3. The van der Waals surface area contributed by atoms with Crippen molar-refractivity contribution in [3.05, 3.63) is 0 Å². The van der Waals surface area contributed by atoms with Crippen molar-refractivity contribution in [3.63, 3.8) is 0 Å². The van der Waals surface area contributed by atoms with Crippen LogP contribution in [-0.4, -0.2) is 29.7 Å². The molecule has 0 aromatic heterocycles. The van der Waals surface area contributed by atoms with Gasteiger partial charge in [0.1, 0.15) is 0 Å². The molecule has 1 aliphatic rings. The van der Waals surface area contributed by atoms with Gasteiger partial charge in [-0.25, -0.2) is 0 Å². The summed E-state index contributed by atoms with van der Waals surface area (Å²) in [5.74, 6) is 0.0253. The Hall–Kier alpha value is -0.610. The Labute approximate surface area is 97.9 Å². The van der Waals surface area contributed by atoms with Gasteiger partial charge in [0.25, 0.3) is 0 Å². The Balaban J connectivity index is 2.30. The van der Waals surface area contributed by atoms with Crippen LogP contribution >= 0.6 is 0 Å². The fourth-order valence-corrected chi connectivity index (χ4v) is 1.49. The van der Waals surface area contributed by atoms with Gasteiger partial charge in [0, 0.05) is 12.0 Å². The van der Waals surface area contributed by atoms with E-state index in [9.17, 15) is 4.79 Å². The van der Waals surface area contributed by atoms with E-state index in [-0.39, 0.29) is 23.1 Å². The van der Waals surface area contributed by atoms with E-state index >= 15 is 0 Å². The maximum absolute atomic E-state index is 11.7. The van der Waals surface area contributed by atoms with E-state index in [0.717, 1.165) is 12.8 Å². The fraction of sp³-hybridized carbons (Fsp3) is 0.917. The maximum Gasteiger partial charge on any atom is 0.222 e. The second-order valence-electron chi connectivity index (χ2n) is 5.83. The van der Waals surface area contributed by atoms with Gasteiger partial charge in [-0.3, -0.25) is 4.79 Å². The number of carbonyl (C=O) groups excluding carboxylic acids is 1. The number of carbonyl (C=O) groups is 1. The molecule has 1 amide bonds. The van der Waals surface area contributed by atoms with E-state index in [1.165, 1.54) is 0 Å². The van der Waals surface area contributed by atoms with Gasteiger partial charge in [0.15, 0.2) is 0 Å². The first-order chi connectivity index (χ1) is 7.22. The summed E-state index contributed by atoms with van der Waals surface area (Å²) in [5.41, 5.74) is 5.35. The summed E-state index contributed by atoms with van der Waals surface area (Å²) in [6.07, 6.45) is 2.53. The van der Waals surface area contributed by atoms with Crippen molar-refractivity contribution in [3.8, 4) is 0 Å². The summed E-state index contributed by atoms with van der Waals surface area (Å²) in [6, 6.07) is 0. The largest absolute Gasteiger partial charge is 0.376 e. The first-order valence-electron chi connectivity index (χ1n) is 5.94. The van der Waals surface area contributed by atoms with Crippen LogP contribution in [0.5, 0.6) is 0 Å². The van der Waals surface area contributed by atoms with E-state index in [4.69, 9.17) is 10.5 Å². The predicted molar refractivity (Wildman–Crippen MR) is 64.1 cm³/mol. The zero-order valence-electron chi connectivity index (χ0n) is 10.8. The number of amides is 1. The molecule has 1 rings (SSSR count). The number of nitrogens with one attached hydrogen (secondary N) is 1. The third-order valence-electron chi connectivity index (χ3n) is 2.66. The Morgan fingerprint density at radius 2 is 2.06 bits per heavy atom. The van der Waals surface area contributed by atoms with Crippen LogP contribution in [-0.2, 0) is 9.53 Å². The van der Waals surface area contributed by atoms with Crippen LogP contribution in [0.2, 0.25) is 0 Å². The van der Waals surface area contributed by atoms with Crippen LogP contribution in [0.4, 0.5) is 0 Å². The van der Waals surface area contributed by atoms with E-state index < -0.39 is 0 Å².